The van der Waals surface area contributed by atoms with Gasteiger partial charge in [0.1, 0.15) is 45.6 Å². The van der Waals surface area contributed by atoms with Gasteiger partial charge in [-0.2, -0.15) is 0 Å². The van der Waals surface area contributed by atoms with Crippen LogP contribution in [0.3, 0.4) is 0 Å². The molecule has 0 fully saturated rings. The fraction of sp³-hybridized carbons (Fsp3) is 0.450. The van der Waals surface area contributed by atoms with Gasteiger partial charge in [-0.15, -0.1) is 0 Å². The number of allylic oxidation sites excluding steroid dienone is 2. The molecular weight excluding hydrogens is 736 g/mol. The number of carbonyl (C=O) groups is 6. The van der Waals surface area contributed by atoms with E-state index >= 15 is 0 Å². The Morgan fingerprint density at radius 3 is 1.32 bits per heavy atom. The Morgan fingerprint density at radius 2 is 1.02 bits per heavy atom. The van der Waals surface area contributed by atoms with Crippen molar-refractivity contribution in [2.45, 2.75) is 89.6 Å². The van der Waals surface area contributed by atoms with E-state index in [0.29, 0.717) is 0 Å². The molecule has 2 N–H and O–H groups in total. The molecule has 6 rings (SSSR count). The van der Waals surface area contributed by atoms with Crippen LogP contribution in [0.15, 0.2) is 34.8 Å². The average molecular weight is 779 g/mol. The number of benzene rings is 2. The Hall–Kier alpha value is -6.06. The quantitative estimate of drug-likeness (QED) is 0.267. The molecule has 2 aromatic carbocycles. The Kier molecular flexibility index (Phi) is 10.3. The molecule has 0 saturated heterocycles. The number of carbonyl (C=O) groups excluding carboxylic acids is 6. The first kappa shape index (κ1) is 39.6. The monoisotopic (exact) mass is 778 g/mol. The van der Waals surface area contributed by atoms with Crippen molar-refractivity contribution in [1.29, 1.82) is 0 Å². The molecule has 2 aliphatic heterocycles. The van der Waals surface area contributed by atoms with Crippen molar-refractivity contribution in [3.8, 4) is 34.1 Å². The number of phenols is 2. The number of fused-ring (bicyclic) bond motifs is 4. The van der Waals surface area contributed by atoms with E-state index in [1.807, 2.05) is 0 Å². The Balaban J connectivity index is 1.58. The second-order valence-electron chi connectivity index (χ2n) is 13.6. The van der Waals surface area contributed by atoms with Gasteiger partial charge in [-0.25, -0.2) is 9.59 Å². The van der Waals surface area contributed by atoms with Crippen LogP contribution >= 0.6 is 0 Å². The molecule has 2 aromatic rings. The van der Waals surface area contributed by atoms with Crippen molar-refractivity contribution >= 4 is 35.4 Å². The molecule has 0 unspecified atom stereocenters. The molecule has 0 amide bonds. The summed E-state index contributed by atoms with van der Waals surface area (Å²) in [7, 11) is 4.76. The summed E-state index contributed by atoms with van der Waals surface area (Å²) in [5, 5.41) is 24.1. The lowest BCUT2D eigenvalue weighted by atomic mass is 9.72. The number of esters is 4. The number of Topliss-reactive ketones (excluding diaryl/α,β-unsaturated/α-hetero) is 2. The Bertz CT molecular complexity index is 2010. The first-order valence-electron chi connectivity index (χ1n) is 17.9. The lowest BCUT2D eigenvalue weighted by Crippen LogP contribution is -2.62. The second-order valence-corrected chi connectivity index (χ2v) is 13.6. The summed E-state index contributed by atoms with van der Waals surface area (Å²) in [4.78, 5) is 81.7. The van der Waals surface area contributed by atoms with Crippen LogP contribution in [0.25, 0.3) is 11.1 Å². The molecular formula is C40H42O16. The SMILES string of the molecule is CCC(=O)O[C@H]1CCC(OC)=C2C(=O)c3c(cc(C)c(-c4c(C)cc5c(c4O)C(=O)C4=C(OC)CC[C@H](OC(=O)CC)[C@@]4(C(=O)OC)O5)c3O)O[C@@]21C(=O)OC. The molecule has 2 heterocycles. The van der Waals surface area contributed by atoms with E-state index in [1.54, 1.807) is 13.8 Å². The molecule has 0 radical (unpaired) electrons. The summed E-state index contributed by atoms with van der Waals surface area (Å²) >= 11 is 0. The topological polar surface area (TPSA) is 217 Å². The summed E-state index contributed by atoms with van der Waals surface area (Å²) in [5.74, 6) is -6.96. The first-order valence-corrected chi connectivity index (χ1v) is 17.9. The third kappa shape index (κ3) is 5.55. The number of hydrogen-bond acceptors (Lipinski definition) is 16. The van der Waals surface area contributed by atoms with E-state index in [0.717, 1.165) is 14.2 Å². The summed E-state index contributed by atoms with van der Waals surface area (Å²) in [6, 6.07) is 2.73. The Morgan fingerprint density at radius 1 is 0.661 bits per heavy atom. The maximum absolute atomic E-state index is 14.6. The zero-order valence-electron chi connectivity index (χ0n) is 32.2. The van der Waals surface area contributed by atoms with Crippen molar-refractivity contribution < 1.29 is 76.9 Å². The van der Waals surface area contributed by atoms with Crippen LogP contribution in [-0.2, 0) is 47.6 Å². The Labute approximate surface area is 321 Å². The zero-order valence-corrected chi connectivity index (χ0v) is 32.2. The number of ketones is 2. The fourth-order valence-electron chi connectivity index (χ4n) is 8.14. The first-order chi connectivity index (χ1) is 26.6. The van der Waals surface area contributed by atoms with Crippen LogP contribution in [0.4, 0.5) is 0 Å². The zero-order chi connectivity index (χ0) is 41.0. The molecule has 4 aliphatic rings. The average Bonchev–Trinajstić information content (AvgIpc) is 3.18. The van der Waals surface area contributed by atoms with Gasteiger partial charge in [0.05, 0.1) is 39.6 Å². The van der Waals surface area contributed by atoms with E-state index in [-0.39, 0.29) is 94.9 Å². The van der Waals surface area contributed by atoms with E-state index in [4.69, 9.17) is 37.9 Å². The summed E-state index contributed by atoms with van der Waals surface area (Å²) < 4.78 is 45.2. The van der Waals surface area contributed by atoms with E-state index in [1.165, 1.54) is 40.2 Å². The molecule has 16 heteroatoms. The van der Waals surface area contributed by atoms with Crippen LogP contribution < -0.4 is 9.47 Å². The van der Waals surface area contributed by atoms with E-state index in [9.17, 15) is 39.0 Å². The lowest BCUT2D eigenvalue weighted by molar-refractivity contribution is -0.179. The van der Waals surface area contributed by atoms with Crippen LogP contribution in [0.2, 0.25) is 0 Å². The van der Waals surface area contributed by atoms with Crippen LogP contribution in [0.1, 0.15) is 84.2 Å². The van der Waals surface area contributed by atoms with Gasteiger partial charge in [0, 0.05) is 36.8 Å². The number of hydrogen-bond donors (Lipinski definition) is 2. The van der Waals surface area contributed by atoms with Gasteiger partial charge in [-0.3, -0.25) is 19.2 Å². The fourth-order valence-corrected chi connectivity index (χ4v) is 8.14. The maximum atomic E-state index is 14.6. The highest BCUT2D eigenvalue weighted by Crippen LogP contribution is 2.56. The van der Waals surface area contributed by atoms with E-state index in [2.05, 4.69) is 0 Å². The van der Waals surface area contributed by atoms with Gasteiger partial charge >= 0.3 is 23.9 Å². The number of aromatic hydroxyl groups is 2. The van der Waals surface area contributed by atoms with Crippen molar-refractivity contribution in [2.75, 3.05) is 28.4 Å². The van der Waals surface area contributed by atoms with Crippen LogP contribution in [-0.4, -0.2) is 97.5 Å². The number of rotatable bonds is 9. The normalized spacial score (nSPS) is 23.6. The molecule has 0 spiro atoms. The molecule has 16 nitrogen and oxygen atoms in total. The predicted octanol–water partition coefficient (Wildman–Crippen LogP) is 4.39. The highest BCUT2D eigenvalue weighted by atomic mass is 16.6. The molecule has 0 saturated carbocycles. The minimum absolute atomic E-state index is 0.0322. The van der Waals surface area contributed by atoms with Crippen LogP contribution in [0, 0.1) is 13.8 Å². The number of phenolic OH excluding ortho intramolecular Hbond substituents is 2. The lowest BCUT2D eigenvalue weighted by Gasteiger charge is -2.45. The van der Waals surface area contributed by atoms with Gasteiger partial charge < -0.3 is 48.1 Å². The van der Waals surface area contributed by atoms with Crippen molar-refractivity contribution in [3.05, 3.63) is 57.1 Å². The van der Waals surface area contributed by atoms with Crippen molar-refractivity contribution in [2.24, 2.45) is 0 Å². The molecule has 0 aromatic heterocycles. The van der Waals surface area contributed by atoms with Gasteiger partial charge in [0.15, 0.2) is 12.2 Å². The summed E-state index contributed by atoms with van der Waals surface area (Å²) in [5.41, 5.74) is -5.78. The summed E-state index contributed by atoms with van der Waals surface area (Å²) in [6.45, 7) is 6.20. The van der Waals surface area contributed by atoms with Gasteiger partial charge in [-0.1, -0.05) is 13.8 Å². The van der Waals surface area contributed by atoms with Crippen LogP contribution in [0.5, 0.6) is 23.0 Å². The predicted molar refractivity (Wildman–Crippen MR) is 191 cm³/mol. The maximum Gasteiger partial charge on any atom is 0.359 e. The molecule has 2 aliphatic carbocycles. The number of ether oxygens (including phenoxy) is 8. The molecule has 4 atom stereocenters. The third-order valence-electron chi connectivity index (χ3n) is 10.7. The van der Waals surface area contributed by atoms with Gasteiger partial charge in [-0.05, 0) is 49.9 Å². The smallest absolute Gasteiger partial charge is 0.359 e. The minimum atomic E-state index is -2.29. The highest BCUT2D eigenvalue weighted by molar-refractivity contribution is 6.22. The largest absolute Gasteiger partial charge is 0.506 e. The third-order valence-corrected chi connectivity index (χ3v) is 10.7. The molecule has 0 bridgehead atoms. The van der Waals surface area contributed by atoms with Gasteiger partial charge in [0.25, 0.3) is 11.2 Å². The van der Waals surface area contributed by atoms with Crippen molar-refractivity contribution in [3.63, 3.8) is 0 Å². The standard InChI is InChI=1S/C40H42O16/c1-9-25(41)53-23-13-11-19(49-5)31-35(45)29-21(55-39(23,31)37(47)51-7)15-17(3)27(33(29)43)28-18(4)16-22-30(34(28)44)36(46)32-20(50-6)12-14-24(54-26(42)10-2)40(32,56-22)38(48)52-8/h15-16,23-24,43-44H,9-14H2,1-8H3/t23-,24-,39+,40+/m0/s1. The van der Waals surface area contributed by atoms with E-state index < -0.39 is 81.5 Å². The second kappa shape index (κ2) is 14.5. The number of aryl methyl sites for hydroxylation is 2. The highest BCUT2D eigenvalue weighted by Gasteiger charge is 2.65. The molecule has 298 valence electrons. The summed E-state index contributed by atoms with van der Waals surface area (Å²) in [6.07, 6.45) is -2.47. The number of methoxy groups -OCH3 is 4. The van der Waals surface area contributed by atoms with Crippen molar-refractivity contribution in [1.82, 2.24) is 0 Å². The van der Waals surface area contributed by atoms with Gasteiger partial charge in [0.2, 0.25) is 11.6 Å². The molecule has 56 heavy (non-hydrogen) atoms. The minimum Gasteiger partial charge on any atom is -0.506 e.